The minimum absolute atomic E-state index is 0.237. The molecular weight excluding hydrogens is 318 g/mol. The summed E-state index contributed by atoms with van der Waals surface area (Å²) < 4.78 is 5.39. The zero-order valence-corrected chi connectivity index (χ0v) is 16.5. The van der Waals surface area contributed by atoms with Crippen molar-refractivity contribution in [3.05, 3.63) is 0 Å². The minimum atomic E-state index is -0.444. The van der Waals surface area contributed by atoms with Crippen molar-refractivity contribution in [1.29, 1.82) is 0 Å². The number of carbonyl (C=O) groups excluding carboxylic acids is 1. The first-order valence-electron chi connectivity index (χ1n) is 9.48. The lowest BCUT2D eigenvalue weighted by Crippen LogP contribution is -2.63. The Hall–Kier alpha value is -1.50. The summed E-state index contributed by atoms with van der Waals surface area (Å²) in [6.07, 6.45) is 2.20. The van der Waals surface area contributed by atoms with Crippen LogP contribution in [0, 0.1) is 5.92 Å². The van der Waals surface area contributed by atoms with E-state index in [9.17, 15) is 4.79 Å². The van der Waals surface area contributed by atoms with Gasteiger partial charge < -0.3 is 25.2 Å². The van der Waals surface area contributed by atoms with Crippen molar-refractivity contribution in [3.8, 4) is 0 Å². The SMILES string of the molecule is CCNC(=NCC1CCN(C)CC1)NC1CN(C(=O)OC(C)(C)C)C1. The van der Waals surface area contributed by atoms with E-state index in [1.54, 1.807) is 4.90 Å². The lowest BCUT2D eigenvalue weighted by Gasteiger charge is -2.40. The van der Waals surface area contributed by atoms with Gasteiger partial charge in [-0.3, -0.25) is 4.99 Å². The number of hydrogen-bond acceptors (Lipinski definition) is 4. The van der Waals surface area contributed by atoms with E-state index in [0.29, 0.717) is 19.0 Å². The zero-order valence-electron chi connectivity index (χ0n) is 16.5. The van der Waals surface area contributed by atoms with Crippen LogP contribution < -0.4 is 10.6 Å². The summed E-state index contributed by atoms with van der Waals surface area (Å²) in [4.78, 5) is 20.8. The molecule has 0 aromatic rings. The van der Waals surface area contributed by atoms with Gasteiger partial charge >= 0.3 is 6.09 Å². The highest BCUT2D eigenvalue weighted by Crippen LogP contribution is 2.17. The van der Waals surface area contributed by atoms with E-state index in [2.05, 4.69) is 29.5 Å². The number of rotatable bonds is 4. The quantitative estimate of drug-likeness (QED) is 0.592. The van der Waals surface area contributed by atoms with E-state index in [0.717, 1.165) is 32.1 Å². The highest BCUT2D eigenvalue weighted by Gasteiger charge is 2.34. The molecule has 25 heavy (non-hydrogen) atoms. The smallest absolute Gasteiger partial charge is 0.410 e. The summed E-state index contributed by atoms with van der Waals surface area (Å²) in [7, 11) is 2.18. The van der Waals surface area contributed by atoms with Gasteiger partial charge in [-0.25, -0.2) is 4.79 Å². The standard InChI is InChI=1S/C18H35N5O2/c1-6-19-16(20-11-14-7-9-22(5)10-8-14)21-15-12-23(13-15)17(24)25-18(2,3)4/h14-15H,6-13H2,1-5H3,(H2,19,20,21). The van der Waals surface area contributed by atoms with Crippen molar-refractivity contribution in [1.82, 2.24) is 20.4 Å². The molecule has 1 amide bonds. The predicted octanol–water partition coefficient (Wildman–Crippen LogP) is 1.50. The maximum absolute atomic E-state index is 12.0. The number of amides is 1. The number of nitrogens with zero attached hydrogens (tertiary/aromatic N) is 3. The van der Waals surface area contributed by atoms with Crippen LogP contribution in [-0.4, -0.2) is 79.8 Å². The van der Waals surface area contributed by atoms with Gasteiger partial charge in [0.2, 0.25) is 0 Å². The molecule has 144 valence electrons. The topological polar surface area (TPSA) is 69.2 Å². The maximum Gasteiger partial charge on any atom is 0.410 e. The molecule has 2 saturated heterocycles. The third-order valence-electron chi connectivity index (χ3n) is 4.56. The van der Waals surface area contributed by atoms with Gasteiger partial charge in [-0.05, 0) is 66.6 Å². The van der Waals surface area contributed by atoms with Gasteiger partial charge in [-0.2, -0.15) is 0 Å². The molecule has 0 aromatic carbocycles. The van der Waals surface area contributed by atoms with E-state index in [4.69, 9.17) is 9.73 Å². The fraction of sp³-hybridized carbons (Fsp3) is 0.889. The number of ether oxygens (including phenoxy) is 1. The van der Waals surface area contributed by atoms with Crippen molar-refractivity contribution in [2.75, 3.05) is 46.3 Å². The highest BCUT2D eigenvalue weighted by atomic mass is 16.6. The highest BCUT2D eigenvalue weighted by molar-refractivity contribution is 5.80. The number of guanidine groups is 1. The first-order chi connectivity index (χ1) is 11.8. The number of hydrogen-bond donors (Lipinski definition) is 2. The maximum atomic E-state index is 12.0. The first-order valence-corrected chi connectivity index (χ1v) is 9.48. The fourth-order valence-corrected chi connectivity index (χ4v) is 3.02. The second kappa shape index (κ2) is 8.74. The van der Waals surface area contributed by atoms with Crippen molar-refractivity contribution in [2.45, 2.75) is 52.2 Å². The average molecular weight is 354 g/mol. The van der Waals surface area contributed by atoms with E-state index >= 15 is 0 Å². The van der Waals surface area contributed by atoms with Crippen LogP contribution in [0.3, 0.4) is 0 Å². The number of aliphatic imine (C=N–C) groups is 1. The van der Waals surface area contributed by atoms with Gasteiger partial charge in [0, 0.05) is 26.2 Å². The molecule has 0 aliphatic carbocycles. The molecule has 7 nitrogen and oxygen atoms in total. The van der Waals surface area contributed by atoms with Crippen LogP contribution >= 0.6 is 0 Å². The number of likely N-dealkylation sites (tertiary alicyclic amines) is 2. The summed E-state index contributed by atoms with van der Waals surface area (Å²) in [5.41, 5.74) is -0.444. The third-order valence-corrected chi connectivity index (χ3v) is 4.56. The Kier molecular flexibility index (Phi) is 6.93. The summed E-state index contributed by atoms with van der Waals surface area (Å²) in [6.45, 7) is 13.1. The van der Waals surface area contributed by atoms with Crippen LogP contribution in [0.2, 0.25) is 0 Å². The summed E-state index contributed by atoms with van der Waals surface area (Å²) >= 11 is 0. The van der Waals surface area contributed by atoms with Crippen LogP contribution in [0.5, 0.6) is 0 Å². The van der Waals surface area contributed by atoms with Gasteiger partial charge in [-0.1, -0.05) is 0 Å². The van der Waals surface area contributed by atoms with E-state index in [1.165, 1.54) is 12.8 Å². The largest absolute Gasteiger partial charge is 0.444 e. The van der Waals surface area contributed by atoms with E-state index in [-0.39, 0.29) is 12.1 Å². The van der Waals surface area contributed by atoms with E-state index in [1.807, 2.05) is 20.8 Å². The number of nitrogens with one attached hydrogen (secondary N) is 2. The average Bonchev–Trinajstić information content (AvgIpc) is 2.47. The lowest BCUT2D eigenvalue weighted by molar-refractivity contribution is 0.00700. The zero-order chi connectivity index (χ0) is 18.4. The molecular formula is C18H35N5O2. The van der Waals surface area contributed by atoms with Gasteiger partial charge in [0.1, 0.15) is 5.60 Å². The molecule has 0 bridgehead atoms. The molecule has 7 heteroatoms. The molecule has 2 heterocycles. The van der Waals surface area contributed by atoms with Crippen LogP contribution in [0.4, 0.5) is 4.79 Å². The van der Waals surface area contributed by atoms with Gasteiger partial charge in [-0.15, -0.1) is 0 Å². The second-order valence-electron chi connectivity index (χ2n) is 8.19. The molecule has 0 atom stereocenters. The fourth-order valence-electron chi connectivity index (χ4n) is 3.02. The minimum Gasteiger partial charge on any atom is -0.444 e. The molecule has 2 aliphatic rings. The molecule has 0 saturated carbocycles. The van der Waals surface area contributed by atoms with E-state index < -0.39 is 5.60 Å². The Bertz CT molecular complexity index is 461. The summed E-state index contributed by atoms with van der Waals surface area (Å²) in [5.74, 6) is 1.53. The molecule has 2 aliphatic heterocycles. The van der Waals surface area contributed by atoms with Gasteiger partial charge in [0.25, 0.3) is 0 Å². The van der Waals surface area contributed by atoms with Crippen molar-refractivity contribution in [3.63, 3.8) is 0 Å². The summed E-state index contributed by atoms with van der Waals surface area (Å²) in [6, 6.07) is 0.239. The molecule has 0 aromatic heterocycles. The predicted molar refractivity (Wildman–Crippen MR) is 101 cm³/mol. The lowest BCUT2D eigenvalue weighted by atomic mass is 9.97. The van der Waals surface area contributed by atoms with Gasteiger partial charge in [0.15, 0.2) is 5.96 Å². The Labute approximate surface area is 152 Å². The molecule has 0 unspecified atom stereocenters. The second-order valence-corrected chi connectivity index (χ2v) is 8.19. The molecule has 2 N–H and O–H groups in total. The van der Waals surface area contributed by atoms with Crippen molar-refractivity contribution < 1.29 is 9.53 Å². The molecule has 0 radical (unpaired) electrons. The van der Waals surface area contributed by atoms with Gasteiger partial charge in [0.05, 0.1) is 6.04 Å². The Morgan fingerprint density at radius 2 is 1.88 bits per heavy atom. The van der Waals surface area contributed by atoms with Crippen molar-refractivity contribution in [2.24, 2.45) is 10.9 Å². The molecule has 2 fully saturated rings. The third kappa shape index (κ3) is 6.72. The van der Waals surface area contributed by atoms with Crippen molar-refractivity contribution >= 4 is 12.1 Å². The van der Waals surface area contributed by atoms with Crippen LogP contribution in [0.15, 0.2) is 4.99 Å². The monoisotopic (exact) mass is 353 g/mol. The Balaban J connectivity index is 1.75. The Morgan fingerprint density at radius 1 is 1.24 bits per heavy atom. The van der Waals surface area contributed by atoms with Crippen LogP contribution in [-0.2, 0) is 4.74 Å². The molecule has 0 spiro atoms. The Morgan fingerprint density at radius 3 is 2.44 bits per heavy atom. The van der Waals surface area contributed by atoms with Crippen LogP contribution in [0.25, 0.3) is 0 Å². The van der Waals surface area contributed by atoms with Crippen LogP contribution in [0.1, 0.15) is 40.5 Å². The summed E-state index contributed by atoms with van der Waals surface area (Å²) in [5, 5.41) is 6.74. The number of carbonyl (C=O) groups is 1. The first kappa shape index (κ1) is 19.8. The molecule has 2 rings (SSSR count). The normalized spacial score (nSPS) is 21.0. The number of piperidine rings is 1.